The van der Waals surface area contributed by atoms with Crippen LogP contribution in [-0.4, -0.2) is 0 Å². The van der Waals surface area contributed by atoms with E-state index in [9.17, 15) is 0 Å². The first-order valence-corrected chi connectivity index (χ1v) is 5.02. The van der Waals surface area contributed by atoms with Crippen molar-refractivity contribution in [3.05, 3.63) is 35.4 Å². The Labute approximate surface area is 87.4 Å². The van der Waals surface area contributed by atoms with Crippen LogP contribution in [-0.2, 0) is 5.41 Å². The van der Waals surface area contributed by atoms with Gasteiger partial charge in [-0.05, 0) is 23.5 Å². The summed E-state index contributed by atoms with van der Waals surface area (Å²) >= 11 is 0. The fourth-order valence-corrected chi connectivity index (χ4v) is 1.65. The molecule has 0 heterocycles. The predicted octanol–water partition coefficient (Wildman–Crippen LogP) is 3.72. The van der Waals surface area contributed by atoms with Crippen LogP contribution in [0.15, 0.2) is 24.3 Å². The molecule has 0 aliphatic carbocycles. The van der Waals surface area contributed by atoms with Crippen LogP contribution in [0, 0.1) is 12.3 Å². The summed E-state index contributed by atoms with van der Waals surface area (Å²) in [6.45, 7) is 8.73. The van der Waals surface area contributed by atoms with Crippen molar-refractivity contribution in [1.82, 2.24) is 0 Å². The zero-order chi connectivity index (χ0) is 10.8. The van der Waals surface area contributed by atoms with Gasteiger partial charge >= 0.3 is 0 Å². The molecule has 0 aromatic heterocycles. The van der Waals surface area contributed by atoms with Crippen LogP contribution in [0.1, 0.15) is 44.7 Å². The van der Waals surface area contributed by atoms with Gasteiger partial charge in [0, 0.05) is 5.92 Å². The van der Waals surface area contributed by atoms with E-state index in [1.807, 2.05) is 0 Å². The third-order valence-corrected chi connectivity index (χ3v) is 2.49. The molecule has 1 aromatic rings. The fraction of sp³-hybridized carbons (Fsp3) is 0.429. The molecule has 1 unspecified atom stereocenters. The maximum absolute atomic E-state index is 5.47. The van der Waals surface area contributed by atoms with E-state index in [2.05, 4.69) is 57.9 Å². The Kier molecular flexibility index (Phi) is 3.01. The molecule has 0 nitrogen and oxygen atoms in total. The summed E-state index contributed by atoms with van der Waals surface area (Å²) in [5, 5.41) is 0. The van der Waals surface area contributed by atoms with E-state index < -0.39 is 0 Å². The molecule has 1 rings (SSSR count). The average Bonchev–Trinajstić information content (AvgIpc) is 2.15. The molecule has 0 spiro atoms. The summed E-state index contributed by atoms with van der Waals surface area (Å²) in [4.78, 5) is 0. The summed E-state index contributed by atoms with van der Waals surface area (Å²) < 4.78 is 0. The zero-order valence-electron chi connectivity index (χ0n) is 9.46. The van der Waals surface area contributed by atoms with Gasteiger partial charge in [-0.2, -0.15) is 0 Å². The Bertz CT molecular complexity index is 347. The van der Waals surface area contributed by atoms with E-state index in [1.165, 1.54) is 11.1 Å². The van der Waals surface area contributed by atoms with Gasteiger partial charge in [0.05, 0.1) is 0 Å². The molecule has 0 saturated carbocycles. The summed E-state index contributed by atoms with van der Waals surface area (Å²) in [6.07, 6.45) is 5.47. The lowest BCUT2D eigenvalue weighted by Crippen LogP contribution is -2.14. The second-order valence-corrected chi connectivity index (χ2v) is 4.73. The Balaban J connectivity index is 3.25. The monoisotopic (exact) mass is 186 g/mol. The van der Waals surface area contributed by atoms with Crippen LogP contribution < -0.4 is 0 Å². The van der Waals surface area contributed by atoms with E-state index >= 15 is 0 Å². The first-order valence-electron chi connectivity index (χ1n) is 5.02. The molecule has 0 aliphatic rings. The molecular weight excluding hydrogens is 168 g/mol. The lowest BCUT2D eigenvalue weighted by atomic mass is 9.80. The zero-order valence-corrected chi connectivity index (χ0v) is 9.46. The third kappa shape index (κ3) is 2.17. The molecule has 0 heteroatoms. The van der Waals surface area contributed by atoms with Crippen LogP contribution in [0.3, 0.4) is 0 Å². The second-order valence-electron chi connectivity index (χ2n) is 4.73. The molecule has 0 bridgehead atoms. The highest BCUT2D eigenvalue weighted by atomic mass is 14.2. The van der Waals surface area contributed by atoms with Crippen molar-refractivity contribution in [1.29, 1.82) is 0 Å². The largest absolute Gasteiger partial charge is 0.119 e. The smallest absolute Gasteiger partial charge is 0.0424 e. The predicted molar refractivity (Wildman–Crippen MR) is 62.4 cm³/mol. The summed E-state index contributed by atoms with van der Waals surface area (Å²) in [5.74, 6) is 2.99. The highest BCUT2D eigenvalue weighted by Gasteiger charge is 2.19. The van der Waals surface area contributed by atoms with E-state index in [4.69, 9.17) is 6.42 Å². The molecule has 1 atom stereocenters. The van der Waals surface area contributed by atoms with Crippen molar-refractivity contribution in [3.8, 4) is 12.3 Å². The lowest BCUT2D eigenvalue weighted by Gasteiger charge is -2.24. The van der Waals surface area contributed by atoms with Crippen molar-refractivity contribution < 1.29 is 0 Å². The molecule has 0 saturated heterocycles. The van der Waals surface area contributed by atoms with E-state index in [-0.39, 0.29) is 11.3 Å². The van der Waals surface area contributed by atoms with E-state index in [1.54, 1.807) is 0 Å². The van der Waals surface area contributed by atoms with Gasteiger partial charge in [0.25, 0.3) is 0 Å². The first kappa shape index (κ1) is 10.9. The normalized spacial score (nSPS) is 13.4. The van der Waals surface area contributed by atoms with Gasteiger partial charge < -0.3 is 0 Å². The molecule has 74 valence electrons. The standard InChI is InChI=1S/C14H18/c1-6-11(2)12-9-7-8-10-13(12)14(3,4)5/h1,7-11H,2-5H3. The second kappa shape index (κ2) is 3.88. The summed E-state index contributed by atoms with van der Waals surface area (Å²) in [5.41, 5.74) is 2.80. The van der Waals surface area contributed by atoms with Crippen LogP contribution in [0.2, 0.25) is 0 Å². The molecule has 0 N–H and O–H groups in total. The number of hydrogen-bond acceptors (Lipinski definition) is 0. The van der Waals surface area contributed by atoms with Crippen LogP contribution in [0.5, 0.6) is 0 Å². The van der Waals surface area contributed by atoms with Gasteiger partial charge in [0.15, 0.2) is 0 Å². The first-order chi connectivity index (χ1) is 6.46. The Morgan fingerprint density at radius 1 is 1.21 bits per heavy atom. The van der Waals surface area contributed by atoms with Crippen molar-refractivity contribution in [2.45, 2.75) is 39.0 Å². The molecule has 14 heavy (non-hydrogen) atoms. The number of terminal acetylenes is 1. The summed E-state index contributed by atoms with van der Waals surface area (Å²) in [6, 6.07) is 8.43. The Morgan fingerprint density at radius 3 is 2.29 bits per heavy atom. The van der Waals surface area contributed by atoms with Gasteiger partial charge in [0.2, 0.25) is 0 Å². The maximum Gasteiger partial charge on any atom is 0.0424 e. The number of rotatable bonds is 1. The Morgan fingerprint density at radius 2 is 1.79 bits per heavy atom. The van der Waals surface area contributed by atoms with Gasteiger partial charge in [0.1, 0.15) is 0 Å². The van der Waals surface area contributed by atoms with Gasteiger partial charge in [-0.15, -0.1) is 6.42 Å². The third-order valence-electron chi connectivity index (χ3n) is 2.49. The van der Waals surface area contributed by atoms with E-state index in [0.717, 1.165) is 0 Å². The van der Waals surface area contributed by atoms with Crippen LogP contribution in [0.25, 0.3) is 0 Å². The Hall–Kier alpha value is -1.22. The van der Waals surface area contributed by atoms with E-state index in [0.29, 0.717) is 0 Å². The number of hydrogen-bond donors (Lipinski definition) is 0. The minimum Gasteiger partial charge on any atom is -0.119 e. The molecule has 1 aromatic carbocycles. The van der Waals surface area contributed by atoms with Crippen LogP contribution >= 0.6 is 0 Å². The minimum absolute atomic E-state index is 0.168. The van der Waals surface area contributed by atoms with Gasteiger partial charge in [-0.25, -0.2) is 0 Å². The SMILES string of the molecule is C#CC(C)c1ccccc1C(C)(C)C. The average molecular weight is 186 g/mol. The molecule has 0 radical (unpaired) electrons. The number of benzene rings is 1. The quantitative estimate of drug-likeness (QED) is 0.586. The maximum atomic E-state index is 5.47. The van der Waals surface area contributed by atoms with Gasteiger partial charge in [-0.1, -0.05) is 51.0 Å². The molecular formula is C14H18. The highest BCUT2D eigenvalue weighted by molar-refractivity contribution is 5.38. The van der Waals surface area contributed by atoms with Crippen molar-refractivity contribution in [2.24, 2.45) is 0 Å². The fourth-order valence-electron chi connectivity index (χ4n) is 1.65. The molecule has 0 fully saturated rings. The lowest BCUT2D eigenvalue weighted by molar-refractivity contribution is 0.581. The van der Waals surface area contributed by atoms with Crippen molar-refractivity contribution >= 4 is 0 Å². The van der Waals surface area contributed by atoms with Crippen molar-refractivity contribution in [3.63, 3.8) is 0 Å². The highest BCUT2D eigenvalue weighted by Crippen LogP contribution is 2.29. The molecule has 0 amide bonds. The van der Waals surface area contributed by atoms with Gasteiger partial charge in [-0.3, -0.25) is 0 Å². The molecule has 0 aliphatic heterocycles. The van der Waals surface area contributed by atoms with Crippen LogP contribution in [0.4, 0.5) is 0 Å². The summed E-state index contributed by atoms with van der Waals surface area (Å²) in [7, 11) is 0. The van der Waals surface area contributed by atoms with Crippen molar-refractivity contribution in [2.75, 3.05) is 0 Å². The minimum atomic E-state index is 0.168. The topological polar surface area (TPSA) is 0 Å².